The summed E-state index contributed by atoms with van der Waals surface area (Å²) in [7, 11) is 1.65. The molecule has 0 unspecified atom stereocenters. The van der Waals surface area contributed by atoms with Crippen LogP contribution in [0.15, 0.2) is 34.2 Å². The third kappa shape index (κ3) is 1.78. The van der Waals surface area contributed by atoms with E-state index in [1.807, 2.05) is 12.1 Å². The molecule has 0 amide bonds. The lowest BCUT2D eigenvalue weighted by molar-refractivity contribution is 0.374. The number of nitrogens with zero attached hydrogens (tertiary/aromatic N) is 2. The van der Waals surface area contributed by atoms with E-state index in [0.717, 1.165) is 11.8 Å². The summed E-state index contributed by atoms with van der Waals surface area (Å²) in [6.07, 6.45) is 0. The number of aliphatic hydroxyl groups excluding tert-OH is 1. The van der Waals surface area contributed by atoms with Crippen molar-refractivity contribution in [2.75, 3.05) is 5.94 Å². The molecule has 0 aliphatic heterocycles. The third-order valence-electron chi connectivity index (χ3n) is 2.14. The topological polar surface area (TPSA) is 55.1 Å². The standard InChI is InChI=1S/C9H9BN2O2S/c10-12-8(14)6-3-1-2-4-7(6)11-9(12)15-5-13/h1-4,13H,5,10H2. The maximum Gasteiger partial charge on any atom is 0.249 e. The van der Waals surface area contributed by atoms with Crippen LogP contribution in [-0.2, 0) is 0 Å². The Balaban J connectivity index is 2.77. The number of fused-ring (bicyclic) bond motifs is 1. The lowest BCUT2D eigenvalue weighted by atomic mass is 10.2. The summed E-state index contributed by atoms with van der Waals surface area (Å²) in [5, 5.41) is 9.94. The zero-order valence-corrected chi connectivity index (χ0v) is 8.99. The summed E-state index contributed by atoms with van der Waals surface area (Å²) >= 11 is 1.14. The van der Waals surface area contributed by atoms with E-state index in [1.54, 1.807) is 20.1 Å². The average molecular weight is 220 g/mol. The lowest BCUT2D eigenvalue weighted by Gasteiger charge is -2.06. The minimum atomic E-state index is -0.0865. The van der Waals surface area contributed by atoms with Crippen LogP contribution in [0.5, 0.6) is 0 Å². The molecule has 2 rings (SSSR count). The van der Waals surface area contributed by atoms with Gasteiger partial charge in [-0.05, 0) is 12.1 Å². The number of hydrogen-bond acceptors (Lipinski definition) is 4. The van der Waals surface area contributed by atoms with Crippen LogP contribution < -0.4 is 5.56 Å². The van der Waals surface area contributed by atoms with Gasteiger partial charge in [-0.3, -0.25) is 4.79 Å². The van der Waals surface area contributed by atoms with Crippen LogP contribution in [0.4, 0.5) is 0 Å². The predicted octanol–water partition coefficient (Wildman–Crippen LogP) is -0.165. The van der Waals surface area contributed by atoms with Crippen molar-refractivity contribution in [1.82, 2.24) is 9.46 Å². The first-order valence-electron chi connectivity index (χ1n) is 4.43. The molecule has 0 saturated carbocycles. The van der Waals surface area contributed by atoms with E-state index >= 15 is 0 Å². The van der Waals surface area contributed by atoms with Crippen LogP contribution in [0.25, 0.3) is 10.9 Å². The number of para-hydroxylation sites is 1. The van der Waals surface area contributed by atoms with E-state index in [9.17, 15) is 4.79 Å². The van der Waals surface area contributed by atoms with Crippen LogP contribution in [-0.4, -0.2) is 28.5 Å². The van der Waals surface area contributed by atoms with Crippen LogP contribution in [0.2, 0.25) is 0 Å². The van der Waals surface area contributed by atoms with Gasteiger partial charge in [-0.15, -0.1) is 0 Å². The maximum atomic E-state index is 11.9. The quantitative estimate of drug-likeness (QED) is 0.330. The van der Waals surface area contributed by atoms with Gasteiger partial charge in [-0.25, -0.2) is 4.98 Å². The highest BCUT2D eigenvalue weighted by Gasteiger charge is 2.06. The molecule has 1 N–H and O–H groups in total. The molecule has 0 fully saturated rings. The fourth-order valence-electron chi connectivity index (χ4n) is 1.38. The Bertz CT molecular complexity index is 555. The Morgan fingerprint density at radius 3 is 2.93 bits per heavy atom. The largest absolute Gasteiger partial charge is 0.385 e. The van der Waals surface area contributed by atoms with Gasteiger partial charge in [0.25, 0.3) is 0 Å². The highest BCUT2D eigenvalue weighted by atomic mass is 32.2. The fraction of sp³-hybridized carbons (Fsp3) is 0.111. The highest BCUT2D eigenvalue weighted by Crippen LogP contribution is 2.14. The van der Waals surface area contributed by atoms with E-state index < -0.39 is 0 Å². The van der Waals surface area contributed by atoms with Gasteiger partial charge in [-0.2, -0.15) is 0 Å². The zero-order valence-electron chi connectivity index (χ0n) is 8.17. The molecule has 0 spiro atoms. The molecular formula is C9H9BN2O2S. The van der Waals surface area contributed by atoms with Crippen molar-refractivity contribution in [3.8, 4) is 0 Å². The summed E-state index contributed by atoms with van der Waals surface area (Å²) in [6.45, 7) is 0. The Morgan fingerprint density at radius 1 is 1.47 bits per heavy atom. The number of thioether (sulfide) groups is 1. The van der Waals surface area contributed by atoms with E-state index in [4.69, 9.17) is 5.11 Å². The highest BCUT2D eigenvalue weighted by molar-refractivity contribution is 7.99. The van der Waals surface area contributed by atoms with Crippen molar-refractivity contribution in [2.24, 2.45) is 0 Å². The van der Waals surface area contributed by atoms with Crippen LogP contribution in [0.1, 0.15) is 0 Å². The van der Waals surface area contributed by atoms with Crippen molar-refractivity contribution < 1.29 is 5.11 Å². The lowest BCUT2D eigenvalue weighted by Crippen LogP contribution is -2.21. The molecule has 15 heavy (non-hydrogen) atoms. The third-order valence-corrected chi connectivity index (χ3v) is 2.89. The van der Waals surface area contributed by atoms with E-state index in [2.05, 4.69) is 4.98 Å². The molecule has 6 heteroatoms. The molecule has 2 aromatic rings. The minimum absolute atomic E-state index is 0.0847. The molecule has 0 aliphatic carbocycles. The van der Waals surface area contributed by atoms with Crippen molar-refractivity contribution in [3.05, 3.63) is 34.6 Å². The monoisotopic (exact) mass is 220 g/mol. The molecule has 76 valence electrons. The normalized spacial score (nSPS) is 10.7. The SMILES string of the molecule is Bn1c(SCO)nc2ccccc2c1=O. The fourth-order valence-corrected chi connectivity index (χ4v) is 1.94. The Hall–Kier alpha value is -1.27. The Kier molecular flexibility index (Phi) is 2.79. The summed E-state index contributed by atoms with van der Waals surface area (Å²) in [5.74, 6) is -0.0847. The van der Waals surface area contributed by atoms with Gasteiger partial charge < -0.3 is 9.58 Å². The number of rotatable bonds is 2. The summed E-state index contributed by atoms with van der Waals surface area (Å²) in [6, 6.07) is 7.18. The summed E-state index contributed by atoms with van der Waals surface area (Å²) in [5.41, 5.74) is 0.577. The molecule has 0 radical (unpaired) electrons. The summed E-state index contributed by atoms with van der Waals surface area (Å²) < 4.78 is 1.45. The Labute approximate surface area is 91.4 Å². The van der Waals surface area contributed by atoms with Crippen molar-refractivity contribution in [2.45, 2.75) is 5.16 Å². The molecule has 1 aromatic carbocycles. The van der Waals surface area contributed by atoms with Crippen LogP contribution in [0, 0.1) is 0 Å². The smallest absolute Gasteiger partial charge is 0.249 e. The first-order chi connectivity index (χ1) is 7.24. The van der Waals surface area contributed by atoms with Gasteiger partial charge >= 0.3 is 0 Å². The maximum absolute atomic E-state index is 11.9. The van der Waals surface area contributed by atoms with Crippen molar-refractivity contribution >= 4 is 30.6 Å². The van der Waals surface area contributed by atoms with Crippen molar-refractivity contribution in [3.63, 3.8) is 0 Å². The second-order valence-electron chi connectivity index (χ2n) is 3.05. The average Bonchev–Trinajstić information content (AvgIpc) is 2.26. The van der Waals surface area contributed by atoms with Gasteiger partial charge in [-0.1, -0.05) is 23.9 Å². The molecule has 1 heterocycles. The number of aromatic nitrogens is 2. The van der Waals surface area contributed by atoms with Gasteiger partial charge in [0.2, 0.25) is 13.5 Å². The molecular weight excluding hydrogens is 211 g/mol. The molecule has 0 bridgehead atoms. The first-order valence-corrected chi connectivity index (χ1v) is 5.42. The zero-order chi connectivity index (χ0) is 10.8. The molecule has 0 atom stereocenters. The summed E-state index contributed by atoms with van der Waals surface area (Å²) in [4.78, 5) is 16.1. The number of hydrogen-bond donors (Lipinski definition) is 1. The molecule has 0 saturated heterocycles. The van der Waals surface area contributed by atoms with Crippen molar-refractivity contribution in [1.29, 1.82) is 0 Å². The van der Waals surface area contributed by atoms with Crippen LogP contribution in [0.3, 0.4) is 0 Å². The molecule has 4 nitrogen and oxygen atoms in total. The van der Waals surface area contributed by atoms with Gasteiger partial charge in [0.05, 0.1) is 16.8 Å². The second kappa shape index (κ2) is 4.08. The number of aliphatic hydroxyl groups is 1. The van der Waals surface area contributed by atoms with Gasteiger partial charge in [0, 0.05) is 0 Å². The minimum Gasteiger partial charge on any atom is -0.385 e. The van der Waals surface area contributed by atoms with E-state index in [1.165, 1.54) is 4.48 Å². The second-order valence-corrected chi connectivity index (χ2v) is 3.96. The van der Waals surface area contributed by atoms with E-state index in [0.29, 0.717) is 16.1 Å². The van der Waals surface area contributed by atoms with Gasteiger partial charge in [0.15, 0.2) is 5.16 Å². The molecule has 0 aliphatic rings. The van der Waals surface area contributed by atoms with E-state index in [-0.39, 0.29) is 11.5 Å². The first kappa shape index (κ1) is 10.3. The number of benzene rings is 1. The molecule has 1 aromatic heterocycles. The Morgan fingerprint density at radius 2 is 2.20 bits per heavy atom. The predicted molar refractivity (Wildman–Crippen MR) is 62.9 cm³/mol. The van der Waals surface area contributed by atoms with Crippen LogP contribution >= 0.6 is 11.8 Å². The van der Waals surface area contributed by atoms with Gasteiger partial charge in [0.1, 0.15) is 0 Å².